The van der Waals surface area contributed by atoms with E-state index in [1.807, 2.05) is 5.92 Å². The number of ether oxygens (including phenoxy) is 2. The molecule has 0 aromatic carbocycles. The molecule has 0 unspecified atom stereocenters. The lowest BCUT2D eigenvalue weighted by Gasteiger charge is -2.04. The average molecular weight is 234 g/mol. The number of carbonyl (C=O) groups excluding carboxylic acids is 1. The molecular formula is C9H14O5S. The van der Waals surface area contributed by atoms with Gasteiger partial charge in [-0.25, -0.2) is 8.42 Å². The minimum atomic E-state index is -3.53. The fraction of sp³-hybridized carbons (Fsp3) is 0.667. The summed E-state index contributed by atoms with van der Waals surface area (Å²) in [5.41, 5.74) is 0. The summed E-state index contributed by atoms with van der Waals surface area (Å²) in [4.78, 5) is 11.0. The van der Waals surface area contributed by atoms with E-state index in [1.165, 1.54) is 0 Å². The molecule has 5 nitrogen and oxygen atoms in total. The van der Waals surface area contributed by atoms with Gasteiger partial charge >= 0.3 is 5.97 Å². The second-order valence-electron chi connectivity index (χ2n) is 2.65. The topological polar surface area (TPSA) is 69.7 Å². The van der Waals surface area contributed by atoms with Crippen molar-refractivity contribution < 1.29 is 22.7 Å². The van der Waals surface area contributed by atoms with Gasteiger partial charge in [-0.1, -0.05) is 5.92 Å². The highest BCUT2D eigenvalue weighted by Gasteiger charge is 2.16. The first-order chi connectivity index (χ1) is 7.02. The lowest BCUT2D eigenvalue weighted by atomic mass is 10.7. The summed E-state index contributed by atoms with van der Waals surface area (Å²) in [6.45, 7) is 2.64. The molecule has 0 rings (SSSR count). The molecule has 0 atom stereocenters. The van der Waals surface area contributed by atoms with E-state index in [-0.39, 0.29) is 13.2 Å². The Labute approximate surface area is 89.7 Å². The van der Waals surface area contributed by atoms with E-state index in [4.69, 9.17) is 11.2 Å². The molecule has 0 aliphatic carbocycles. The van der Waals surface area contributed by atoms with Crippen molar-refractivity contribution in [1.82, 2.24) is 0 Å². The maximum Gasteiger partial charge on any atom is 0.321 e. The Balaban J connectivity index is 3.80. The molecule has 0 saturated carbocycles. The molecule has 6 heteroatoms. The SMILES string of the molecule is C#CCS(=O)(=O)CC(=O)OCCOCC. The number of esters is 1. The summed E-state index contributed by atoms with van der Waals surface area (Å²) in [5.74, 6) is 0.0402. The molecular weight excluding hydrogens is 220 g/mol. The molecule has 0 heterocycles. The molecule has 0 spiro atoms. The predicted molar refractivity (Wildman–Crippen MR) is 54.9 cm³/mol. The average Bonchev–Trinajstić information content (AvgIpc) is 2.11. The number of terminal acetylenes is 1. The van der Waals surface area contributed by atoms with Gasteiger partial charge in [-0.05, 0) is 6.92 Å². The van der Waals surface area contributed by atoms with E-state index in [0.717, 1.165) is 0 Å². The first-order valence-electron chi connectivity index (χ1n) is 4.39. The molecule has 0 saturated heterocycles. The second kappa shape index (κ2) is 7.26. The monoisotopic (exact) mass is 234 g/mol. The lowest BCUT2D eigenvalue weighted by Crippen LogP contribution is -2.21. The van der Waals surface area contributed by atoms with Gasteiger partial charge in [-0.3, -0.25) is 4.79 Å². The molecule has 86 valence electrons. The van der Waals surface area contributed by atoms with Gasteiger partial charge in [0.2, 0.25) is 0 Å². The van der Waals surface area contributed by atoms with Crippen molar-refractivity contribution in [1.29, 1.82) is 0 Å². The van der Waals surface area contributed by atoms with Crippen LogP contribution in [-0.4, -0.2) is 45.7 Å². The minimum Gasteiger partial charge on any atom is -0.462 e. The summed E-state index contributed by atoms with van der Waals surface area (Å²) in [6, 6.07) is 0. The van der Waals surface area contributed by atoms with Crippen molar-refractivity contribution in [2.45, 2.75) is 6.92 Å². The standard InChI is InChI=1S/C9H14O5S/c1-3-7-15(11,12)8-9(10)14-6-5-13-4-2/h1H,4-8H2,2H3. The Morgan fingerprint density at radius 2 is 2.07 bits per heavy atom. The van der Waals surface area contributed by atoms with Crippen LogP contribution < -0.4 is 0 Å². The Bertz CT molecular complexity index is 325. The maximum absolute atomic E-state index is 11.1. The fourth-order valence-electron chi connectivity index (χ4n) is 0.758. The van der Waals surface area contributed by atoms with Crippen LogP contribution in [0.5, 0.6) is 0 Å². The first-order valence-corrected chi connectivity index (χ1v) is 6.21. The molecule has 0 aromatic rings. The van der Waals surface area contributed by atoms with Crippen LogP contribution in [0.1, 0.15) is 6.92 Å². The third kappa shape index (κ3) is 7.97. The van der Waals surface area contributed by atoms with Crippen LogP contribution in [0.2, 0.25) is 0 Å². The number of hydrogen-bond acceptors (Lipinski definition) is 5. The highest BCUT2D eigenvalue weighted by atomic mass is 32.2. The van der Waals surface area contributed by atoms with Crippen LogP contribution in [0.25, 0.3) is 0 Å². The summed E-state index contributed by atoms with van der Waals surface area (Å²) in [7, 11) is -3.53. The fourth-order valence-corrected chi connectivity index (χ4v) is 1.56. The number of sulfone groups is 1. The molecule has 0 fully saturated rings. The van der Waals surface area contributed by atoms with E-state index in [0.29, 0.717) is 6.61 Å². The van der Waals surface area contributed by atoms with E-state index in [2.05, 4.69) is 4.74 Å². The molecule has 15 heavy (non-hydrogen) atoms. The third-order valence-corrected chi connectivity index (χ3v) is 2.62. The Hall–Kier alpha value is -1.06. The van der Waals surface area contributed by atoms with E-state index < -0.39 is 27.3 Å². The smallest absolute Gasteiger partial charge is 0.321 e. The van der Waals surface area contributed by atoms with E-state index in [9.17, 15) is 13.2 Å². The van der Waals surface area contributed by atoms with Crippen LogP contribution in [0.3, 0.4) is 0 Å². The van der Waals surface area contributed by atoms with Crippen LogP contribution >= 0.6 is 0 Å². The van der Waals surface area contributed by atoms with Crippen LogP contribution in [0, 0.1) is 12.3 Å². The Morgan fingerprint density at radius 1 is 1.40 bits per heavy atom. The molecule has 0 N–H and O–H groups in total. The largest absolute Gasteiger partial charge is 0.462 e. The Morgan fingerprint density at radius 3 is 2.60 bits per heavy atom. The molecule has 0 aromatic heterocycles. The van der Waals surface area contributed by atoms with Crippen molar-refractivity contribution in [2.24, 2.45) is 0 Å². The van der Waals surface area contributed by atoms with Gasteiger partial charge in [0, 0.05) is 6.61 Å². The summed E-state index contributed by atoms with van der Waals surface area (Å²) < 4.78 is 31.6. The lowest BCUT2D eigenvalue weighted by molar-refractivity contribution is -0.142. The van der Waals surface area contributed by atoms with Crippen molar-refractivity contribution in [3.05, 3.63) is 0 Å². The van der Waals surface area contributed by atoms with Gasteiger partial charge in [0.05, 0.1) is 6.61 Å². The molecule has 0 aliphatic rings. The zero-order valence-corrected chi connectivity index (χ0v) is 9.38. The van der Waals surface area contributed by atoms with Crippen LogP contribution in [-0.2, 0) is 24.1 Å². The first kappa shape index (κ1) is 13.9. The number of carbonyl (C=O) groups is 1. The van der Waals surface area contributed by atoms with Gasteiger partial charge < -0.3 is 9.47 Å². The highest BCUT2D eigenvalue weighted by Crippen LogP contribution is 1.91. The molecule has 0 radical (unpaired) electrons. The summed E-state index contributed by atoms with van der Waals surface area (Å²) in [6.07, 6.45) is 4.83. The highest BCUT2D eigenvalue weighted by molar-refractivity contribution is 7.92. The van der Waals surface area contributed by atoms with Crippen molar-refractivity contribution in [3.8, 4) is 12.3 Å². The van der Waals surface area contributed by atoms with Crippen LogP contribution in [0.4, 0.5) is 0 Å². The zero-order chi connectivity index (χ0) is 11.7. The van der Waals surface area contributed by atoms with Crippen molar-refractivity contribution in [3.63, 3.8) is 0 Å². The van der Waals surface area contributed by atoms with Crippen molar-refractivity contribution >= 4 is 15.8 Å². The van der Waals surface area contributed by atoms with Crippen LogP contribution in [0.15, 0.2) is 0 Å². The minimum absolute atomic E-state index is 0.0538. The van der Waals surface area contributed by atoms with E-state index >= 15 is 0 Å². The van der Waals surface area contributed by atoms with E-state index in [1.54, 1.807) is 6.92 Å². The zero-order valence-electron chi connectivity index (χ0n) is 8.56. The Kier molecular flexibility index (Phi) is 6.75. The molecule has 0 amide bonds. The van der Waals surface area contributed by atoms with Gasteiger partial charge in [0.1, 0.15) is 18.1 Å². The normalized spacial score (nSPS) is 10.7. The predicted octanol–water partition coefficient (Wildman–Crippen LogP) is -0.386. The molecule has 0 bridgehead atoms. The van der Waals surface area contributed by atoms with Gasteiger partial charge in [-0.15, -0.1) is 6.42 Å². The number of rotatable bonds is 7. The van der Waals surface area contributed by atoms with Gasteiger partial charge in [-0.2, -0.15) is 0 Å². The summed E-state index contributed by atoms with van der Waals surface area (Å²) >= 11 is 0. The maximum atomic E-state index is 11.1. The number of hydrogen-bond donors (Lipinski definition) is 0. The van der Waals surface area contributed by atoms with Crippen molar-refractivity contribution in [2.75, 3.05) is 31.3 Å². The molecule has 0 aliphatic heterocycles. The second-order valence-corrected chi connectivity index (χ2v) is 4.72. The third-order valence-electron chi connectivity index (χ3n) is 1.34. The van der Waals surface area contributed by atoms with Gasteiger partial charge in [0.15, 0.2) is 9.84 Å². The quantitative estimate of drug-likeness (QED) is 0.341. The van der Waals surface area contributed by atoms with Gasteiger partial charge in [0.25, 0.3) is 0 Å². The summed E-state index contributed by atoms with van der Waals surface area (Å²) in [5, 5.41) is 0.